The second-order valence-electron chi connectivity index (χ2n) is 4.97. The van der Waals surface area contributed by atoms with Gasteiger partial charge in [0.05, 0.1) is 10.5 Å². The first-order chi connectivity index (χ1) is 10.1. The van der Waals surface area contributed by atoms with Gasteiger partial charge in [-0.1, -0.05) is 29.8 Å². The fourth-order valence-electron chi connectivity index (χ4n) is 2.17. The monoisotopic (exact) mass is 299 g/mol. The van der Waals surface area contributed by atoms with Crippen molar-refractivity contribution in [3.63, 3.8) is 0 Å². The molecule has 3 aromatic rings. The molecule has 1 aromatic carbocycles. The van der Waals surface area contributed by atoms with Gasteiger partial charge in [-0.2, -0.15) is 5.10 Å². The summed E-state index contributed by atoms with van der Waals surface area (Å²) < 4.78 is 1.60. The predicted octanol–water partition coefficient (Wildman–Crippen LogP) is 3.86. The lowest BCUT2D eigenvalue weighted by atomic mass is 10.1. The topological polar surface area (TPSA) is 46.4 Å². The number of halogens is 1. The molecule has 0 aliphatic rings. The molecule has 0 aliphatic carbocycles. The van der Waals surface area contributed by atoms with Crippen LogP contribution in [0.25, 0.3) is 5.52 Å². The lowest BCUT2D eigenvalue weighted by Gasteiger charge is -2.08. The van der Waals surface area contributed by atoms with Gasteiger partial charge in [0.1, 0.15) is 0 Å². The van der Waals surface area contributed by atoms with E-state index in [4.69, 9.17) is 11.6 Å². The van der Waals surface area contributed by atoms with Gasteiger partial charge in [0, 0.05) is 11.9 Å². The fraction of sp³-hybridized carbons (Fsp3) is 0.125. The largest absolute Gasteiger partial charge is 0.320 e. The summed E-state index contributed by atoms with van der Waals surface area (Å²) in [6.07, 6.45) is 1.76. The van der Waals surface area contributed by atoms with Crippen LogP contribution < -0.4 is 5.32 Å². The van der Waals surface area contributed by atoms with Gasteiger partial charge in [0.15, 0.2) is 5.69 Å². The van der Waals surface area contributed by atoms with Crippen LogP contribution in [0.15, 0.2) is 42.6 Å². The molecule has 1 N–H and O–H groups in total. The lowest BCUT2D eigenvalue weighted by molar-refractivity contribution is 0.102. The quantitative estimate of drug-likeness (QED) is 0.781. The molecule has 5 heteroatoms. The first kappa shape index (κ1) is 13.6. The van der Waals surface area contributed by atoms with E-state index in [1.165, 1.54) is 0 Å². The highest BCUT2D eigenvalue weighted by Gasteiger charge is 2.18. The van der Waals surface area contributed by atoms with Crippen molar-refractivity contribution in [2.75, 3.05) is 5.32 Å². The number of benzene rings is 1. The van der Waals surface area contributed by atoms with Gasteiger partial charge >= 0.3 is 0 Å². The number of aryl methyl sites for hydroxylation is 2. The summed E-state index contributed by atoms with van der Waals surface area (Å²) in [6, 6.07) is 11.4. The van der Waals surface area contributed by atoms with E-state index >= 15 is 0 Å². The third-order valence-electron chi connectivity index (χ3n) is 3.34. The zero-order valence-corrected chi connectivity index (χ0v) is 12.5. The number of anilines is 1. The van der Waals surface area contributed by atoms with Crippen LogP contribution in [0.1, 0.15) is 21.6 Å². The molecule has 0 spiro atoms. The van der Waals surface area contributed by atoms with Crippen molar-refractivity contribution in [3.8, 4) is 0 Å². The Bertz CT molecular complexity index is 839. The van der Waals surface area contributed by atoms with Crippen molar-refractivity contribution < 1.29 is 4.79 Å². The average Bonchev–Trinajstić information content (AvgIpc) is 2.81. The summed E-state index contributed by atoms with van der Waals surface area (Å²) in [5, 5.41) is 7.46. The summed E-state index contributed by atoms with van der Waals surface area (Å²) in [4.78, 5) is 12.4. The summed E-state index contributed by atoms with van der Waals surface area (Å²) in [5.41, 5.74) is 3.79. The first-order valence-corrected chi connectivity index (χ1v) is 6.95. The standard InChI is InChI=1S/C16H14ClN3O/c1-10-6-7-11(2)12(9-10)18-16(21)15-14(17)13-5-3-4-8-20(13)19-15/h3-9H,1-2H3,(H,18,21). The number of aromatic nitrogens is 2. The second-order valence-corrected chi connectivity index (χ2v) is 5.34. The Morgan fingerprint density at radius 2 is 2.05 bits per heavy atom. The maximum atomic E-state index is 12.4. The van der Waals surface area contributed by atoms with Crippen molar-refractivity contribution in [3.05, 3.63) is 64.4 Å². The molecular weight excluding hydrogens is 286 g/mol. The van der Waals surface area contributed by atoms with Gasteiger partial charge in [-0.05, 0) is 43.2 Å². The van der Waals surface area contributed by atoms with Crippen molar-refractivity contribution in [1.29, 1.82) is 0 Å². The maximum absolute atomic E-state index is 12.4. The Kier molecular flexibility index (Phi) is 3.39. The number of rotatable bonds is 2. The molecule has 21 heavy (non-hydrogen) atoms. The van der Waals surface area contributed by atoms with E-state index in [0.29, 0.717) is 10.5 Å². The Morgan fingerprint density at radius 1 is 1.24 bits per heavy atom. The average molecular weight is 300 g/mol. The lowest BCUT2D eigenvalue weighted by Crippen LogP contribution is -2.14. The molecule has 106 valence electrons. The number of hydrogen-bond acceptors (Lipinski definition) is 2. The molecule has 0 atom stereocenters. The van der Waals surface area contributed by atoms with Gasteiger partial charge < -0.3 is 5.32 Å². The van der Waals surface area contributed by atoms with Crippen molar-refractivity contribution >= 4 is 28.7 Å². The van der Waals surface area contributed by atoms with Crippen LogP contribution in [-0.2, 0) is 0 Å². The van der Waals surface area contributed by atoms with Gasteiger partial charge in [-0.3, -0.25) is 4.79 Å². The molecule has 2 heterocycles. The molecule has 0 aliphatic heterocycles. The van der Waals surface area contributed by atoms with Gasteiger partial charge in [0.2, 0.25) is 0 Å². The van der Waals surface area contributed by atoms with E-state index in [0.717, 1.165) is 16.8 Å². The van der Waals surface area contributed by atoms with Gasteiger partial charge in [0.25, 0.3) is 5.91 Å². The van der Waals surface area contributed by atoms with Crippen LogP contribution in [0.5, 0.6) is 0 Å². The zero-order chi connectivity index (χ0) is 15.0. The molecule has 4 nitrogen and oxygen atoms in total. The minimum absolute atomic E-state index is 0.226. The predicted molar refractivity (Wildman–Crippen MR) is 84.1 cm³/mol. The minimum Gasteiger partial charge on any atom is -0.320 e. The third-order valence-corrected chi connectivity index (χ3v) is 3.71. The SMILES string of the molecule is Cc1ccc(C)c(NC(=O)c2nn3ccccc3c2Cl)c1. The van der Waals surface area contributed by atoms with Gasteiger partial charge in [-0.15, -0.1) is 0 Å². The first-order valence-electron chi connectivity index (χ1n) is 6.58. The van der Waals surface area contributed by atoms with E-state index in [1.807, 2.05) is 50.2 Å². The normalized spacial score (nSPS) is 10.8. The number of carbonyl (C=O) groups is 1. The van der Waals surface area contributed by atoms with Crippen LogP contribution in [-0.4, -0.2) is 15.5 Å². The minimum atomic E-state index is -0.308. The van der Waals surface area contributed by atoms with Crippen LogP contribution in [0.4, 0.5) is 5.69 Å². The van der Waals surface area contributed by atoms with Crippen molar-refractivity contribution in [2.45, 2.75) is 13.8 Å². The van der Waals surface area contributed by atoms with Crippen LogP contribution >= 0.6 is 11.6 Å². The molecule has 0 saturated heterocycles. The van der Waals surface area contributed by atoms with Crippen LogP contribution in [0, 0.1) is 13.8 Å². The fourth-order valence-corrected chi connectivity index (χ4v) is 2.44. The molecule has 3 rings (SSSR count). The summed E-state index contributed by atoms with van der Waals surface area (Å²) in [5.74, 6) is -0.308. The Balaban J connectivity index is 1.97. The van der Waals surface area contributed by atoms with Gasteiger partial charge in [-0.25, -0.2) is 4.52 Å². The smallest absolute Gasteiger partial charge is 0.277 e. The maximum Gasteiger partial charge on any atom is 0.277 e. The Labute approximate surface area is 127 Å². The summed E-state index contributed by atoms with van der Waals surface area (Å²) in [6.45, 7) is 3.92. The second kappa shape index (κ2) is 5.22. The van der Waals surface area contributed by atoms with E-state index in [1.54, 1.807) is 10.7 Å². The molecule has 0 fully saturated rings. The Morgan fingerprint density at radius 3 is 2.81 bits per heavy atom. The van der Waals surface area contributed by atoms with E-state index in [-0.39, 0.29) is 11.6 Å². The number of nitrogens with one attached hydrogen (secondary N) is 1. The van der Waals surface area contributed by atoms with Crippen LogP contribution in [0.2, 0.25) is 5.02 Å². The number of amides is 1. The van der Waals surface area contributed by atoms with E-state index < -0.39 is 0 Å². The number of fused-ring (bicyclic) bond motifs is 1. The number of nitrogens with zero attached hydrogens (tertiary/aromatic N) is 2. The summed E-state index contributed by atoms with van der Waals surface area (Å²) in [7, 11) is 0. The molecule has 1 amide bonds. The molecule has 0 unspecified atom stereocenters. The summed E-state index contributed by atoms with van der Waals surface area (Å²) >= 11 is 6.25. The molecular formula is C16H14ClN3O. The Hall–Kier alpha value is -2.33. The number of carbonyl (C=O) groups excluding carboxylic acids is 1. The molecule has 0 saturated carbocycles. The van der Waals surface area contributed by atoms with E-state index in [9.17, 15) is 4.79 Å². The highest BCUT2D eigenvalue weighted by molar-refractivity contribution is 6.37. The van der Waals surface area contributed by atoms with E-state index in [2.05, 4.69) is 10.4 Å². The van der Waals surface area contributed by atoms with Crippen molar-refractivity contribution in [1.82, 2.24) is 9.61 Å². The molecule has 0 bridgehead atoms. The third kappa shape index (κ3) is 2.50. The number of pyridine rings is 1. The molecule has 0 radical (unpaired) electrons. The van der Waals surface area contributed by atoms with Crippen LogP contribution in [0.3, 0.4) is 0 Å². The van der Waals surface area contributed by atoms with Crippen molar-refractivity contribution in [2.24, 2.45) is 0 Å². The number of hydrogen-bond donors (Lipinski definition) is 1. The zero-order valence-electron chi connectivity index (χ0n) is 11.7. The highest BCUT2D eigenvalue weighted by Crippen LogP contribution is 2.23. The highest BCUT2D eigenvalue weighted by atomic mass is 35.5. The molecule has 2 aromatic heterocycles.